The second-order valence-corrected chi connectivity index (χ2v) is 3.87. The van der Waals surface area contributed by atoms with E-state index in [-0.39, 0.29) is 0 Å². The summed E-state index contributed by atoms with van der Waals surface area (Å²) in [6.45, 7) is -4.63. The number of carbonyl (C=O) groups excluding carboxylic acids is 2. The van der Waals surface area contributed by atoms with Gasteiger partial charge >= 0.3 is 24.2 Å². The maximum absolute atomic E-state index is 12.6. The molecule has 1 aromatic carbocycles. The van der Waals surface area contributed by atoms with E-state index >= 15 is 0 Å². The molecule has 0 saturated heterocycles. The van der Waals surface area contributed by atoms with E-state index in [2.05, 4.69) is 9.47 Å². The average molecular weight is 330 g/mol. The van der Waals surface area contributed by atoms with Gasteiger partial charge in [-0.3, -0.25) is 0 Å². The van der Waals surface area contributed by atoms with Crippen molar-refractivity contribution in [2.24, 2.45) is 0 Å². The quantitative estimate of drug-likeness (QED) is 0.594. The second-order valence-electron chi connectivity index (χ2n) is 3.87. The molecule has 1 rings (SSSR count). The SMILES string of the molecule is O=C(OC(F)(F)CF)c1ccccc1C(=O)OC(F)(F)CF. The zero-order valence-corrected chi connectivity index (χ0v) is 10.6. The summed E-state index contributed by atoms with van der Waals surface area (Å²) >= 11 is 0. The zero-order valence-electron chi connectivity index (χ0n) is 10.6. The largest absolute Gasteiger partial charge is 0.429 e. The third-order valence-corrected chi connectivity index (χ3v) is 2.16. The Bertz CT molecular complexity index is 511. The number of halogens is 6. The van der Waals surface area contributed by atoms with E-state index in [0.29, 0.717) is 0 Å². The summed E-state index contributed by atoms with van der Waals surface area (Å²) in [4.78, 5) is 22.9. The van der Waals surface area contributed by atoms with Crippen molar-refractivity contribution in [1.82, 2.24) is 0 Å². The Balaban J connectivity index is 3.04. The lowest BCUT2D eigenvalue weighted by molar-refractivity contribution is -0.211. The first-order chi connectivity index (χ1) is 10.1. The number of alkyl halides is 6. The smallest absolute Gasteiger partial charge is 0.395 e. The normalized spacial score (nSPS) is 11.9. The van der Waals surface area contributed by atoms with Crippen molar-refractivity contribution in [3.8, 4) is 0 Å². The maximum atomic E-state index is 12.6. The van der Waals surface area contributed by atoms with Gasteiger partial charge in [-0.1, -0.05) is 12.1 Å². The highest BCUT2D eigenvalue weighted by Crippen LogP contribution is 2.23. The first-order valence-corrected chi connectivity index (χ1v) is 5.55. The Hall–Kier alpha value is -2.26. The number of hydrogen-bond acceptors (Lipinski definition) is 4. The van der Waals surface area contributed by atoms with Crippen LogP contribution >= 0.6 is 0 Å². The predicted octanol–water partition coefficient (Wildman–Crippen LogP) is 3.12. The van der Waals surface area contributed by atoms with Gasteiger partial charge in [0.05, 0.1) is 11.1 Å². The van der Waals surface area contributed by atoms with Crippen LogP contribution in [0, 0.1) is 0 Å². The summed E-state index contributed by atoms with van der Waals surface area (Å²) in [5.41, 5.74) is -1.73. The Morgan fingerprint density at radius 1 is 0.818 bits per heavy atom. The van der Waals surface area contributed by atoms with E-state index in [9.17, 15) is 35.9 Å². The second kappa shape index (κ2) is 6.67. The predicted molar refractivity (Wildman–Crippen MR) is 59.1 cm³/mol. The molecule has 0 saturated carbocycles. The Kier molecular flexibility index (Phi) is 5.39. The summed E-state index contributed by atoms with van der Waals surface area (Å²) in [5.74, 6) is -3.67. The summed E-state index contributed by atoms with van der Waals surface area (Å²) in [5, 5.41) is 0. The Morgan fingerprint density at radius 3 is 1.41 bits per heavy atom. The lowest BCUT2D eigenvalue weighted by Gasteiger charge is -2.16. The van der Waals surface area contributed by atoms with Crippen molar-refractivity contribution in [3.05, 3.63) is 35.4 Å². The molecule has 0 atom stereocenters. The molecule has 0 radical (unpaired) electrons. The summed E-state index contributed by atoms with van der Waals surface area (Å²) in [7, 11) is 0. The van der Waals surface area contributed by atoms with Gasteiger partial charge in [0.1, 0.15) is 0 Å². The van der Waals surface area contributed by atoms with Gasteiger partial charge in [0, 0.05) is 0 Å². The molecule has 122 valence electrons. The van der Waals surface area contributed by atoms with Crippen LogP contribution in [0.5, 0.6) is 0 Å². The molecule has 0 N–H and O–H groups in total. The lowest BCUT2D eigenvalue weighted by atomic mass is 10.1. The molecule has 0 fully saturated rings. The maximum Gasteiger partial charge on any atom is 0.429 e. The van der Waals surface area contributed by atoms with Crippen LogP contribution in [0.4, 0.5) is 26.3 Å². The highest BCUT2D eigenvalue weighted by molar-refractivity contribution is 6.03. The number of benzene rings is 1. The zero-order chi connectivity index (χ0) is 17.0. The number of esters is 2. The Labute approximate surface area is 119 Å². The van der Waals surface area contributed by atoms with Crippen LogP contribution in [-0.4, -0.2) is 37.5 Å². The third-order valence-electron chi connectivity index (χ3n) is 2.16. The molecule has 4 nitrogen and oxygen atoms in total. The highest BCUT2D eigenvalue weighted by Gasteiger charge is 2.38. The molecule has 0 aromatic heterocycles. The van der Waals surface area contributed by atoms with Crippen LogP contribution in [0.2, 0.25) is 0 Å². The van der Waals surface area contributed by atoms with Gasteiger partial charge in [-0.25, -0.2) is 18.4 Å². The van der Waals surface area contributed by atoms with Crippen LogP contribution in [0.1, 0.15) is 20.7 Å². The van der Waals surface area contributed by atoms with Crippen LogP contribution in [0.3, 0.4) is 0 Å². The van der Waals surface area contributed by atoms with E-state index in [4.69, 9.17) is 0 Å². The van der Waals surface area contributed by atoms with Gasteiger partial charge < -0.3 is 9.47 Å². The van der Waals surface area contributed by atoms with E-state index in [1.54, 1.807) is 0 Å². The summed E-state index contributed by atoms with van der Waals surface area (Å²) in [6.07, 6.45) is -8.89. The standard InChI is InChI=1S/C12H8F6O4/c13-5-11(15,16)21-9(19)7-3-1-2-4-8(7)10(20)22-12(17,18)6-14/h1-4H,5-6H2. The van der Waals surface area contributed by atoms with Gasteiger partial charge in [-0.15, -0.1) is 0 Å². The molecular formula is C12H8F6O4. The molecule has 1 aromatic rings. The molecule has 0 bridgehead atoms. The van der Waals surface area contributed by atoms with Crippen molar-refractivity contribution >= 4 is 11.9 Å². The van der Waals surface area contributed by atoms with E-state index in [1.807, 2.05) is 0 Å². The number of ether oxygens (including phenoxy) is 2. The van der Waals surface area contributed by atoms with Crippen LogP contribution in [-0.2, 0) is 9.47 Å². The molecule has 0 heterocycles. The third kappa shape index (κ3) is 4.64. The van der Waals surface area contributed by atoms with Crippen molar-refractivity contribution < 1.29 is 45.4 Å². The molecule has 0 aliphatic rings. The summed E-state index contributed by atoms with van der Waals surface area (Å²) in [6, 6.07) is 3.80. The van der Waals surface area contributed by atoms with Crippen molar-refractivity contribution in [3.63, 3.8) is 0 Å². The average Bonchev–Trinajstić information content (AvgIpc) is 2.46. The lowest BCUT2D eigenvalue weighted by Crippen LogP contribution is -2.30. The molecule has 0 unspecified atom stereocenters. The first-order valence-electron chi connectivity index (χ1n) is 5.55. The van der Waals surface area contributed by atoms with Crippen LogP contribution in [0.15, 0.2) is 24.3 Å². The van der Waals surface area contributed by atoms with Gasteiger partial charge in [0.15, 0.2) is 13.3 Å². The minimum Gasteiger partial charge on any atom is -0.395 e. The minimum absolute atomic E-state index is 0.792. The summed E-state index contributed by atoms with van der Waals surface area (Å²) < 4.78 is 81.4. The van der Waals surface area contributed by atoms with Crippen molar-refractivity contribution in [2.75, 3.05) is 13.3 Å². The van der Waals surface area contributed by atoms with Crippen LogP contribution in [0.25, 0.3) is 0 Å². The molecular weight excluding hydrogens is 322 g/mol. The number of hydrogen-bond donors (Lipinski definition) is 0. The molecule has 0 aliphatic heterocycles. The first kappa shape index (κ1) is 17.8. The van der Waals surface area contributed by atoms with E-state index in [0.717, 1.165) is 24.3 Å². The highest BCUT2D eigenvalue weighted by atomic mass is 19.3. The Morgan fingerprint density at radius 2 is 1.14 bits per heavy atom. The van der Waals surface area contributed by atoms with Gasteiger partial charge in [-0.2, -0.15) is 17.6 Å². The molecule has 0 spiro atoms. The van der Waals surface area contributed by atoms with Gasteiger partial charge in [-0.05, 0) is 12.1 Å². The topological polar surface area (TPSA) is 52.6 Å². The van der Waals surface area contributed by atoms with Gasteiger partial charge in [0.2, 0.25) is 0 Å². The van der Waals surface area contributed by atoms with E-state index in [1.165, 1.54) is 0 Å². The molecule has 10 heteroatoms. The monoisotopic (exact) mass is 330 g/mol. The molecule has 0 aliphatic carbocycles. The fraction of sp³-hybridized carbons (Fsp3) is 0.333. The fourth-order valence-corrected chi connectivity index (χ4v) is 1.27. The molecule has 22 heavy (non-hydrogen) atoms. The number of carbonyl (C=O) groups is 2. The van der Waals surface area contributed by atoms with Crippen LogP contribution < -0.4 is 0 Å². The van der Waals surface area contributed by atoms with Gasteiger partial charge in [0.25, 0.3) is 0 Å². The fourth-order valence-electron chi connectivity index (χ4n) is 1.27. The van der Waals surface area contributed by atoms with Crippen molar-refractivity contribution in [2.45, 2.75) is 12.2 Å². The minimum atomic E-state index is -4.45. The van der Waals surface area contributed by atoms with Crippen molar-refractivity contribution in [1.29, 1.82) is 0 Å². The number of rotatable bonds is 6. The molecule has 0 amide bonds. The van der Waals surface area contributed by atoms with E-state index < -0.39 is 48.6 Å².